The molecule has 0 saturated carbocycles. The summed E-state index contributed by atoms with van der Waals surface area (Å²) in [5, 5.41) is 0. The summed E-state index contributed by atoms with van der Waals surface area (Å²) in [5.41, 5.74) is 2.70. The summed E-state index contributed by atoms with van der Waals surface area (Å²) in [6, 6.07) is 2.92. The number of pyridine rings is 1. The first kappa shape index (κ1) is 12.6. The lowest BCUT2D eigenvalue weighted by molar-refractivity contribution is 0.146. The maximum Gasteiger partial charge on any atom is 0.0363 e. The molecule has 0 unspecified atom stereocenters. The Kier molecular flexibility index (Phi) is 4.55. The minimum atomic E-state index is 0.614. The zero-order valence-electron chi connectivity index (χ0n) is 11.2. The fraction of sp³-hybridized carbons (Fsp3) is 0.667. The zero-order valence-corrected chi connectivity index (χ0v) is 11.2. The van der Waals surface area contributed by atoms with E-state index in [1.54, 1.807) is 0 Å². The van der Waals surface area contributed by atoms with Gasteiger partial charge in [0.15, 0.2) is 0 Å². The fourth-order valence-corrected chi connectivity index (χ4v) is 2.76. The third-order valence-electron chi connectivity index (χ3n) is 3.69. The van der Waals surface area contributed by atoms with Crippen molar-refractivity contribution in [2.24, 2.45) is 0 Å². The lowest BCUT2D eigenvalue weighted by Crippen LogP contribution is -2.34. The summed E-state index contributed by atoms with van der Waals surface area (Å²) in [4.78, 5) is 7.00. The number of rotatable bonds is 4. The molecule has 1 fully saturated rings. The van der Waals surface area contributed by atoms with Crippen molar-refractivity contribution in [3.63, 3.8) is 0 Å². The average molecular weight is 232 g/mol. The van der Waals surface area contributed by atoms with Gasteiger partial charge < -0.3 is 0 Å². The molecule has 0 aliphatic carbocycles. The van der Waals surface area contributed by atoms with Gasteiger partial charge in [0.2, 0.25) is 0 Å². The number of unbranched alkanes of at least 4 members (excludes halogenated alkanes) is 1. The van der Waals surface area contributed by atoms with Gasteiger partial charge >= 0.3 is 0 Å². The molecule has 0 amide bonds. The van der Waals surface area contributed by atoms with Crippen molar-refractivity contribution in [1.82, 2.24) is 9.88 Å². The molecule has 0 radical (unpaired) electrons. The quantitative estimate of drug-likeness (QED) is 0.786. The van der Waals surface area contributed by atoms with E-state index in [0.717, 1.165) is 0 Å². The SMILES string of the molecule is CCCCN1CCCC[C@H]1c1cncc(C)c1. The van der Waals surface area contributed by atoms with E-state index < -0.39 is 0 Å². The van der Waals surface area contributed by atoms with Crippen LogP contribution in [-0.2, 0) is 0 Å². The maximum atomic E-state index is 4.35. The normalized spacial score (nSPS) is 21.6. The van der Waals surface area contributed by atoms with Crippen LogP contribution in [0, 0.1) is 6.92 Å². The van der Waals surface area contributed by atoms with Crippen LogP contribution < -0.4 is 0 Å². The number of likely N-dealkylation sites (tertiary alicyclic amines) is 1. The van der Waals surface area contributed by atoms with Gasteiger partial charge in [0.05, 0.1) is 0 Å². The number of aryl methyl sites for hydroxylation is 1. The lowest BCUT2D eigenvalue weighted by Gasteiger charge is -2.36. The average Bonchev–Trinajstić information content (AvgIpc) is 2.37. The smallest absolute Gasteiger partial charge is 0.0363 e. The van der Waals surface area contributed by atoms with E-state index in [9.17, 15) is 0 Å². The van der Waals surface area contributed by atoms with E-state index in [-0.39, 0.29) is 0 Å². The Balaban J connectivity index is 2.10. The molecule has 1 aromatic heterocycles. The molecule has 1 aliphatic heterocycles. The molecule has 17 heavy (non-hydrogen) atoms. The predicted molar refractivity (Wildman–Crippen MR) is 72.0 cm³/mol. The van der Waals surface area contributed by atoms with E-state index in [0.29, 0.717) is 6.04 Å². The molecule has 0 N–H and O–H groups in total. The number of hydrogen-bond acceptors (Lipinski definition) is 2. The second kappa shape index (κ2) is 6.15. The first-order valence-corrected chi connectivity index (χ1v) is 6.97. The van der Waals surface area contributed by atoms with Crippen LogP contribution in [0.4, 0.5) is 0 Å². The summed E-state index contributed by atoms with van der Waals surface area (Å²) in [5.74, 6) is 0. The van der Waals surface area contributed by atoms with Crippen LogP contribution in [0.1, 0.15) is 56.2 Å². The summed E-state index contributed by atoms with van der Waals surface area (Å²) >= 11 is 0. The predicted octanol–water partition coefficient (Wildman–Crippen LogP) is 3.72. The van der Waals surface area contributed by atoms with Gasteiger partial charge in [0.25, 0.3) is 0 Å². The number of aromatic nitrogens is 1. The van der Waals surface area contributed by atoms with Crippen molar-refractivity contribution in [2.45, 2.75) is 52.0 Å². The summed E-state index contributed by atoms with van der Waals surface area (Å²) in [7, 11) is 0. The third kappa shape index (κ3) is 3.29. The molecule has 2 nitrogen and oxygen atoms in total. The van der Waals surface area contributed by atoms with E-state index >= 15 is 0 Å². The van der Waals surface area contributed by atoms with Crippen LogP contribution in [0.5, 0.6) is 0 Å². The zero-order chi connectivity index (χ0) is 12.1. The molecule has 2 heteroatoms. The van der Waals surface area contributed by atoms with Gasteiger partial charge in [0, 0.05) is 18.4 Å². The van der Waals surface area contributed by atoms with E-state index in [4.69, 9.17) is 0 Å². The van der Waals surface area contributed by atoms with Crippen LogP contribution in [0.2, 0.25) is 0 Å². The minimum Gasteiger partial charge on any atom is -0.296 e. The summed E-state index contributed by atoms with van der Waals surface area (Å²) < 4.78 is 0. The van der Waals surface area contributed by atoms with Crippen molar-refractivity contribution >= 4 is 0 Å². The highest BCUT2D eigenvalue weighted by Gasteiger charge is 2.23. The molecule has 0 bridgehead atoms. The van der Waals surface area contributed by atoms with Crippen LogP contribution in [0.3, 0.4) is 0 Å². The van der Waals surface area contributed by atoms with E-state index in [1.807, 2.05) is 6.20 Å². The van der Waals surface area contributed by atoms with Gasteiger partial charge in [-0.1, -0.05) is 25.8 Å². The number of hydrogen-bond donors (Lipinski definition) is 0. The summed E-state index contributed by atoms with van der Waals surface area (Å²) in [6.45, 7) is 6.91. The van der Waals surface area contributed by atoms with E-state index in [2.05, 4.69) is 36.0 Å². The molecule has 1 saturated heterocycles. The van der Waals surface area contributed by atoms with E-state index in [1.165, 1.54) is 56.3 Å². The molecule has 0 aromatic carbocycles. The van der Waals surface area contributed by atoms with Crippen LogP contribution in [0.25, 0.3) is 0 Å². The van der Waals surface area contributed by atoms with Gasteiger partial charge in [-0.25, -0.2) is 0 Å². The first-order valence-electron chi connectivity index (χ1n) is 6.97. The Morgan fingerprint density at radius 2 is 2.24 bits per heavy atom. The highest BCUT2D eigenvalue weighted by Crippen LogP contribution is 2.30. The Bertz CT molecular complexity index is 349. The van der Waals surface area contributed by atoms with Gasteiger partial charge in [-0.15, -0.1) is 0 Å². The highest BCUT2D eigenvalue weighted by atomic mass is 15.2. The molecular weight excluding hydrogens is 208 g/mol. The van der Waals surface area contributed by atoms with Crippen molar-refractivity contribution < 1.29 is 0 Å². The minimum absolute atomic E-state index is 0.614. The maximum absolute atomic E-state index is 4.35. The Morgan fingerprint density at radius 3 is 3.00 bits per heavy atom. The molecule has 1 aliphatic rings. The molecule has 1 atom stereocenters. The van der Waals surface area contributed by atoms with Gasteiger partial charge in [-0.3, -0.25) is 9.88 Å². The van der Waals surface area contributed by atoms with Crippen LogP contribution in [0.15, 0.2) is 18.5 Å². The van der Waals surface area contributed by atoms with Crippen molar-refractivity contribution in [3.05, 3.63) is 29.6 Å². The molecule has 94 valence electrons. The topological polar surface area (TPSA) is 16.1 Å². The molecule has 2 rings (SSSR count). The van der Waals surface area contributed by atoms with Gasteiger partial charge in [-0.05, 0) is 50.4 Å². The summed E-state index contributed by atoms with van der Waals surface area (Å²) in [6.07, 6.45) is 10.6. The molecule has 0 spiro atoms. The second-order valence-corrected chi connectivity index (χ2v) is 5.20. The van der Waals surface area contributed by atoms with Gasteiger partial charge in [0.1, 0.15) is 0 Å². The van der Waals surface area contributed by atoms with Crippen molar-refractivity contribution in [3.8, 4) is 0 Å². The second-order valence-electron chi connectivity index (χ2n) is 5.20. The van der Waals surface area contributed by atoms with Crippen LogP contribution in [-0.4, -0.2) is 23.0 Å². The molecule has 1 aromatic rings. The van der Waals surface area contributed by atoms with Crippen LogP contribution >= 0.6 is 0 Å². The highest BCUT2D eigenvalue weighted by molar-refractivity contribution is 5.20. The standard InChI is InChI=1S/C15H24N2/c1-3-4-8-17-9-6-5-7-15(17)14-10-13(2)11-16-12-14/h10-12,15H,3-9H2,1-2H3/t15-/m0/s1. The number of nitrogens with zero attached hydrogens (tertiary/aromatic N) is 2. The number of piperidine rings is 1. The van der Waals surface area contributed by atoms with Crippen molar-refractivity contribution in [2.75, 3.05) is 13.1 Å². The Labute approximate surface area is 105 Å². The Morgan fingerprint density at radius 1 is 1.35 bits per heavy atom. The van der Waals surface area contributed by atoms with Crippen molar-refractivity contribution in [1.29, 1.82) is 0 Å². The molecule has 2 heterocycles. The largest absolute Gasteiger partial charge is 0.296 e. The molecular formula is C15H24N2. The lowest BCUT2D eigenvalue weighted by atomic mass is 9.95. The third-order valence-corrected chi connectivity index (χ3v) is 3.69. The first-order chi connectivity index (χ1) is 8.31. The van der Waals surface area contributed by atoms with Gasteiger partial charge in [-0.2, -0.15) is 0 Å². The monoisotopic (exact) mass is 232 g/mol. The fourth-order valence-electron chi connectivity index (χ4n) is 2.76. The Hall–Kier alpha value is -0.890.